The molecule has 0 aliphatic heterocycles. The molecule has 0 aliphatic rings. The highest BCUT2D eigenvalue weighted by atomic mass is 35.5. The third kappa shape index (κ3) is 3.06. The Bertz CT molecular complexity index is 622. The molecule has 1 aromatic heterocycles. The van der Waals surface area contributed by atoms with Gasteiger partial charge in [-0.05, 0) is 25.1 Å². The van der Waals surface area contributed by atoms with Crippen LogP contribution in [0.4, 0.5) is 0 Å². The first-order chi connectivity index (χ1) is 8.97. The van der Waals surface area contributed by atoms with Crippen molar-refractivity contribution in [3.8, 4) is 5.75 Å². The Labute approximate surface area is 115 Å². The molecule has 1 heterocycles. The second-order valence-electron chi connectivity index (χ2n) is 4.26. The van der Waals surface area contributed by atoms with E-state index in [0.29, 0.717) is 12.1 Å². The summed E-state index contributed by atoms with van der Waals surface area (Å²) in [6.45, 7) is 2.29. The first-order valence-corrected chi connectivity index (χ1v) is 6.11. The number of carbonyl (C=O) groups excluding carboxylic acids is 1. The fraction of sp³-hybridized carbons (Fsp3) is 0.231. The van der Waals surface area contributed by atoms with Crippen molar-refractivity contribution >= 4 is 17.5 Å². The van der Waals surface area contributed by atoms with Gasteiger partial charge >= 0.3 is 0 Å². The maximum atomic E-state index is 11.9. The van der Waals surface area contributed by atoms with Crippen LogP contribution < -0.4 is 5.32 Å². The Morgan fingerprint density at radius 2 is 2.26 bits per heavy atom. The average molecular weight is 280 g/mol. The van der Waals surface area contributed by atoms with E-state index in [9.17, 15) is 9.90 Å². The van der Waals surface area contributed by atoms with E-state index in [0.717, 1.165) is 11.3 Å². The normalized spacial score (nSPS) is 10.5. The van der Waals surface area contributed by atoms with Crippen LogP contribution in [-0.2, 0) is 13.6 Å². The van der Waals surface area contributed by atoms with Gasteiger partial charge in [-0.15, -0.1) is 0 Å². The quantitative estimate of drug-likeness (QED) is 0.903. The summed E-state index contributed by atoms with van der Waals surface area (Å²) in [4.78, 5) is 11.9. The van der Waals surface area contributed by atoms with Gasteiger partial charge in [0.15, 0.2) is 0 Å². The molecule has 0 saturated carbocycles. The van der Waals surface area contributed by atoms with Crippen molar-refractivity contribution in [1.29, 1.82) is 0 Å². The Morgan fingerprint density at radius 1 is 1.53 bits per heavy atom. The highest BCUT2D eigenvalue weighted by Crippen LogP contribution is 2.23. The van der Waals surface area contributed by atoms with Crippen LogP contribution in [0, 0.1) is 6.92 Å². The van der Waals surface area contributed by atoms with Crippen molar-refractivity contribution in [2.24, 2.45) is 7.05 Å². The van der Waals surface area contributed by atoms with E-state index in [1.54, 1.807) is 4.68 Å². The average Bonchev–Trinajstić information content (AvgIpc) is 2.68. The lowest BCUT2D eigenvalue weighted by Gasteiger charge is -2.05. The second kappa shape index (κ2) is 5.32. The van der Waals surface area contributed by atoms with Crippen LogP contribution in [0.15, 0.2) is 24.4 Å². The van der Waals surface area contributed by atoms with Crippen molar-refractivity contribution in [3.63, 3.8) is 0 Å². The van der Waals surface area contributed by atoms with Crippen molar-refractivity contribution in [2.45, 2.75) is 13.5 Å². The van der Waals surface area contributed by atoms with Crippen LogP contribution in [0.2, 0.25) is 5.02 Å². The van der Waals surface area contributed by atoms with Crippen LogP contribution >= 0.6 is 11.6 Å². The molecule has 2 aromatic rings. The summed E-state index contributed by atoms with van der Waals surface area (Å²) in [6, 6.07) is 4.35. The van der Waals surface area contributed by atoms with Gasteiger partial charge in [-0.25, -0.2) is 0 Å². The number of amides is 1. The molecule has 5 nitrogen and oxygen atoms in total. The van der Waals surface area contributed by atoms with Gasteiger partial charge in [-0.2, -0.15) is 5.10 Å². The minimum Gasteiger partial charge on any atom is -0.506 e. The maximum absolute atomic E-state index is 11.9. The molecule has 1 aromatic carbocycles. The van der Waals surface area contributed by atoms with E-state index in [1.165, 1.54) is 18.2 Å². The molecule has 0 saturated heterocycles. The van der Waals surface area contributed by atoms with E-state index in [-0.39, 0.29) is 16.7 Å². The number of benzene rings is 1. The van der Waals surface area contributed by atoms with E-state index in [2.05, 4.69) is 10.4 Å². The number of nitrogens with one attached hydrogen (secondary N) is 1. The van der Waals surface area contributed by atoms with Crippen LogP contribution in [0.3, 0.4) is 0 Å². The molecular formula is C13H14ClN3O2. The fourth-order valence-electron chi connectivity index (χ4n) is 1.75. The standard InChI is InChI=1S/C13H14ClN3O2/c1-8-10(7-17(2)16-8)6-15-13(19)9-3-4-12(18)11(14)5-9/h3-5,7,18H,6H2,1-2H3,(H,15,19). The topological polar surface area (TPSA) is 67.2 Å². The molecule has 0 atom stereocenters. The van der Waals surface area contributed by atoms with E-state index >= 15 is 0 Å². The Balaban J connectivity index is 2.05. The van der Waals surface area contributed by atoms with Crippen LogP contribution in [-0.4, -0.2) is 20.8 Å². The first-order valence-electron chi connectivity index (χ1n) is 5.73. The number of aromatic nitrogens is 2. The molecule has 0 unspecified atom stereocenters. The maximum Gasteiger partial charge on any atom is 0.251 e. The Hall–Kier alpha value is -2.01. The molecule has 0 radical (unpaired) electrons. The van der Waals surface area contributed by atoms with Crippen molar-refractivity contribution < 1.29 is 9.90 Å². The number of phenolic OH excluding ortho intramolecular Hbond substituents is 1. The molecule has 2 rings (SSSR count). The molecule has 6 heteroatoms. The molecule has 0 spiro atoms. The smallest absolute Gasteiger partial charge is 0.251 e. The van der Waals surface area contributed by atoms with Crippen molar-refractivity contribution in [1.82, 2.24) is 15.1 Å². The predicted octanol–water partition coefficient (Wildman–Crippen LogP) is 2.02. The summed E-state index contributed by atoms with van der Waals surface area (Å²) in [5, 5.41) is 16.4. The van der Waals surface area contributed by atoms with Gasteiger partial charge in [-0.3, -0.25) is 9.48 Å². The van der Waals surface area contributed by atoms with Gasteiger partial charge in [0.05, 0.1) is 10.7 Å². The van der Waals surface area contributed by atoms with Gasteiger partial charge < -0.3 is 10.4 Å². The molecular weight excluding hydrogens is 266 g/mol. The summed E-state index contributed by atoms with van der Waals surface area (Å²) < 4.78 is 1.70. The summed E-state index contributed by atoms with van der Waals surface area (Å²) in [7, 11) is 1.83. The second-order valence-corrected chi connectivity index (χ2v) is 4.67. The lowest BCUT2D eigenvalue weighted by molar-refractivity contribution is 0.0951. The first kappa shape index (κ1) is 13.4. The van der Waals surface area contributed by atoms with Crippen LogP contribution in [0.5, 0.6) is 5.75 Å². The predicted molar refractivity (Wildman–Crippen MR) is 72.2 cm³/mol. The Kier molecular flexibility index (Phi) is 3.76. The van der Waals surface area contributed by atoms with Gasteiger partial charge in [0.1, 0.15) is 5.75 Å². The zero-order valence-electron chi connectivity index (χ0n) is 10.6. The minimum absolute atomic E-state index is 0.0404. The monoisotopic (exact) mass is 279 g/mol. The minimum atomic E-state index is -0.245. The molecule has 2 N–H and O–H groups in total. The highest BCUT2D eigenvalue weighted by Gasteiger charge is 2.09. The molecule has 0 fully saturated rings. The number of nitrogens with zero attached hydrogens (tertiary/aromatic N) is 2. The van der Waals surface area contributed by atoms with Crippen molar-refractivity contribution in [3.05, 3.63) is 46.2 Å². The van der Waals surface area contributed by atoms with E-state index < -0.39 is 0 Å². The molecule has 0 bridgehead atoms. The van der Waals surface area contributed by atoms with Gasteiger partial charge in [0.25, 0.3) is 5.91 Å². The third-order valence-electron chi connectivity index (χ3n) is 2.76. The summed E-state index contributed by atoms with van der Waals surface area (Å²) >= 11 is 5.76. The summed E-state index contributed by atoms with van der Waals surface area (Å²) in [5.41, 5.74) is 2.25. The molecule has 100 valence electrons. The molecule has 1 amide bonds. The number of hydrogen-bond acceptors (Lipinski definition) is 3. The molecule has 19 heavy (non-hydrogen) atoms. The number of carbonyl (C=O) groups is 1. The zero-order valence-corrected chi connectivity index (χ0v) is 11.4. The van der Waals surface area contributed by atoms with Crippen LogP contribution in [0.25, 0.3) is 0 Å². The van der Waals surface area contributed by atoms with Crippen LogP contribution in [0.1, 0.15) is 21.6 Å². The number of aryl methyl sites for hydroxylation is 2. The number of halogens is 1. The number of aromatic hydroxyl groups is 1. The summed E-state index contributed by atoms with van der Waals surface area (Å²) in [6.07, 6.45) is 1.86. The number of rotatable bonds is 3. The van der Waals surface area contributed by atoms with Gasteiger partial charge in [-0.1, -0.05) is 11.6 Å². The fourth-order valence-corrected chi connectivity index (χ4v) is 1.93. The Morgan fingerprint density at radius 3 is 2.84 bits per heavy atom. The lowest BCUT2D eigenvalue weighted by Crippen LogP contribution is -2.22. The van der Waals surface area contributed by atoms with E-state index in [4.69, 9.17) is 11.6 Å². The van der Waals surface area contributed by atoms with Gasteiger partial charge in [0.2, 0.25) is 0 Å². The number of phenols is 1. The van der Waals surface area contributed by atoms with Crippen molar-refractivity contribution in [2.75, 3.05) is 0 Å². The number of hydrogen-bond donors (Lipinski definition) is 2. The van der Waals surface area contributed by atoms with Gasteiger partial charge in [0, 0.05) is 30.9 Å². The lowest BCUT2D eigenvalue weighted by atomic mass is 10.2. The molecule has 0 aliphatic carbocycles. The third-order valence-corrected chi connectivity index (χ3v) is 3.07. The SMILES string of the molecule is Cc1nn(C)cc1CNC(=O)c1ccc(O)c(Cl)c1. The van der Waals surface area contributed by atoms with E-state index in [1.807, 2.05) is 20.2 Å². The highest BCUT2D eigenvalue weighted by molar-refractivity contribution is 6.32. The zero-order chi connectivity index (χ0) is 14.0. The summed E-state index contributed by atoms with van der Waals surface area (Å²) in [5.74, 6) is -0.286. The largest absolute Gasteiger partial charge is 0.506 e.